The van der Waals surface area contributed by atoms with Crippen LogP contribution in [0, 0.1) is 0 Å². The van der Waals surface area contributed by atoms with Crippen LogP contribution in [0.2, 0.25) is 0 Å². The first-order valence-corrected chi connectivity index (χ1v) is 6.58. The summed E-state index contributed by atoms with van der Waals surface area (Å²) in [6, 6.07) is 12.2. The molecule has 0 aliphatic rings. The number of carbonyl (C=O) groups excluding carboxylic acids is 1. The highest BCUT2D eigenvalue weighted by Gasteiger charge is 2.14. The van der Waals surface area contributed by atoms with Crippen LogP contribution >= 0.6 is 15.9 Å². The number of aliphatic hydroxyl groups excluding tert-OH is 1. The summed E-state index contributed by atoms with van der Waals surface area (Å²) < 4.78 is 0.598. The van der Waals surface area contributed by atoms with Crippen molar-refractivity contribution in [3.63, 3.8) is 0 Å². The molecule has 5 heteroatoms. The molecule has 0 aliphatic carbocycles. The van der Waals surface area contributed by atoms with Crippen LogP contribution in [0.25, 0.3) is 0 Å². The molecule has 1 aromatic heterocycles. The van der Waals surface area contributed by atoms with Gasteiger partial charge in [-0.05, 0) is 33.6 Å². The number of aliphatic hydroxyl groups is 1. The quantitative estimate of drug-likeness (QED) is 0.850. The summed E-state index contributed by atoms with van der Waals surface area (Å²) in [5, 5.41) is 12.2. The van der Waals surface area contributed by atoms with Gasteiger partial charge in [0, 0.05) is 11.8 Å². The second-order valence-corrected chi connectivity index (χ2v) is 4.80. The van der Waals surface area contributed by atoms with Crippen molar-refractivity contribution >= 4 is 21.8 Å². The lowest BCUT2D eigenvalue weighted by Crippen LogP contribution is -2.30. The van der Waals surface area contributed by atoms with Crippen LogP contribution < -0.4 is 5.32 Å². The van der Waals surface area contributed by atoms with Gasteiger partial charge in [0.25, 0.3) is 5.91 Å². The number of halogens is 1. The molecule has 2 N–H and O–H groups in total. The van der Waals surface area contributed by atoms with E-state index in [2.05, 4.69) is 26.2 Å². The standard InChI is InChI=1S/C14H13BrN2O2/c15-13-8-11(6-7-16-13)14(19)17-12(9-18)10-4-2-1-3-5-10/h1-8,12,18H,9H2,(H,17,19). The summed E-state index contributed by atoms with van der Waals surface area (Å²) >= 11 is 3.22. The van der Waals surface area contributed by atoms with E-state index < -0.39 is 6.04 Å². The number of pyridine rings is 1. The molecule has 1 aromatic carbocycles. The van der Waals surface area contributed by atoms with Gasteiger partial charge >= 0.3 is 0 Å². The number of amides is 1. The van der Waals surface area contributed by atoms with Gasteiger partial charge in [-0.15, -0.1) is 0 Å². The van der Waals surface area contributed by atoms with Gasteiger partial charge in [0.1, 0.15) is 4.60 Å². The largest absolute Gasteiger partial charge is 0.394 e. The van der Waals surface area contributed by atoms with Crippen molar-refractivity contribution in [1.29, 1.82) is 0 Å². The van der Waals surface area contributed by atoms with E-state index in [0.29, 0.717) is 10.2 Å². The summed E-state index contributed by atoms with van der Waals surface area (Å²) in [6.07, 6.45) is 1.55. The summed E-state index contributed by atoms with van der Waals surface area (Å²) in [5.41, 5.74) is 1.36. The molecule has 1 heterocycles. The van der Waals surface area contributed by atoms with Crippen molar-refractivity contribution in [2.24, 2.45) is 0 Å². The van der Waals surface area contributed by atoms with E-state index in [1.54, 1.807) is 18.3 Å². The number of nitrogens with zero attached hydrogens (tertiary/aromatic N) is 1. The van der Waals surface area contributed by atoms with E-state index in [9.17, 15) is 9.90 Å². The summed E-state index contributed by atoms with van der Waals surface area (Å²) in [6.45, 7) is -0.151. The minimum atomic E-state index is -0.416. The second kappa shape index (κ2) is 6.45. The van der Waals surface area contributed by atoms with Crippen molar-refractivity contribution in [2.75, 3.05) is 6.61 Å². The van der Waals surface area contributed by atoms with Crippen molar-refractivity contribution in [2.45, 2.75) is 6.04 Å². The van der Waals surface area contributed by atoms with E-state index in [4.69, 9.17) is 0 Å². The summed E-state index contributed by atoms with van der Waals surface area (Å²) in [4.78, 5) is 16.0. The molecule has 0 aliphatic heterocycles. The minimum absolute atomic E-state index is 0.151. The van der Waals surface area contributed by atoms with E-state index in [1.807, 2.05) is 30.3 Å². The monoisotopic (exact) mass is 320 g/mol. The topological polar surface area (TPSA) is 62.2 Å². The highest BCUT2D eigenvalue weighted by atomic mass is 79.9. The fraction of sp³-hybridized carbons (Fsp3) is 0.143. The van der Waals surface area contributed by atoms with Crippen LogP contribution in [-0.2, 0) is 0 Å². The minimum Gasteiger partial charge on any atom is -0.394 e. The first-order valence-electron chi connectivity index (χ1n) is 5.79. The Morgan fingerprint density at radius 3 is 2.68 bits per heavy atom. The van der Waals surface area contributed by atoms with Gasteiger partial charge in [0.2, 0.25) is 0 Å². The van der Waals surface area contributed by atoms with Crippen LogP contribution in [-0.4, -0.2) is 22.6 Å². The summed E-state index contributed by atoms with van der Waals surface area (Å²) in [7, 11) is 0. The van der Waals surface area contributed by atoms with Crippen LogP contribution in [0.5, 0.6) is 0 Å². The third kappa shape index (κ3) is 3.62. The Bertz CT molecular complexity index is 560. The van der Waals surface area contributed by atoms with Crippen molar-refractivity contribution < 1.29 is 9.90 Å². The highest BCUT2D eigenvalue weighted by Crippen LogP contribution is 2.14. The van der Waals surface area contributed by atoms with Gasteiger partial charge in [-0.25, -0.2) is 4.98 Å². The molecule has 1 atom stereocenters. The average molecular weight is 321 g/mol. The SMILES string of the molecule is O=C(NC(CO)c1ccccc1)c1ccnc(Br)c1. The third-order valence-electron chi connectivity index (χ3n) is 2.68. The Kier molecular flexibility index (Phi) is 4.65. The maximum absolute atomic E-state index is 12.1. The van der Waals surface area contributed by atoms with Gasteiger partial charge in [0.05, 0.1) is 12.6 Å². The first-order chi connectivity index (χ1) is 9.20. The molecule has 0 saturated carbocycles. The van der Waals surface area contributed by atoms with Crippen LogP contribution in [0.4, 0.5) is 0 Å². The van der Waals surface area contributed by atoms with Crippen molar-refractivity contribution in [3.8, 4) is 0 Å². The molecule has 4 nitrogen and oxygen atoms in total. The predicted molar refractivity (Wildman–Crippen MR) is 75.7 cm³/mol. The zero-order valence-electron chi connectivity index (χ0n) is 10.1. The number of hydrogen-bond donors (Lipinski definition) is 2. The first kappa shape index (κ1) is 13.7. The molecule has 0 fully saturated rings. The Morgan fingerprint density at radius 1 is 1.32 bits per heavy atom. The van der Waals surface area contributed by atoms with Crippen LogP contribution in [0.3, 0.4) is 0 Å². The molecule has 2 rings (SSSR count). The summed E-state index contributed by atoms with van der Waals surface area (Å²) in [5.74, 6) is -0.244. The van der Waals surface area contributed by atoms with Crippen LogP contribution in [0.15, 0.2) is 53.3 Å². The molecule has 1 amide bonds. The molecule has 19 heavy (non-hydrogen) atoms. The predicted octanol–water partition coefficient (Wildman–Crippen LogP) is 2.31. The van der Waals surface area contributed by atoms with Crippen molar-refractivity contribution in [3.05, 3.63) is 64.4 Å². The maximum Gasteiger partial charge on any atom is 0.251 e. The zero-order valence-corrected chi connectivity index (χ0v) is 11.7. The highest BCUT2D eigenvalue weighted by molar-refractivity contribution is 9.10. The fourth-order valence-electron chi connectivity index (χ4n) is 1.71. The number of benzene rings is 1. The lowest BCUT2D eigenvalue weighted by Gasteiger charge is -2.16. The van der Waals surface area contributed by atoms with Crippen molar-refractivity contribution in [1.82, 2.24) is 10.3 Å². The Balaban J connectivity index is 2.13. The molecule has 1 unspecified atom stereocenters. The molecular formula is C14H13BrN2O2. The van der Waals surface area contributed by atoms with Gasteiger partial charge < -0.3 is 10.4 Å². The molecule has 98 valence electrons. The number of rotatable bonds is 4. The number of carbonyl (C=O) groups is 1. The van der Waals surface area contributed by atoms with Gasteiger partial charge in [-0.3, -0.25) is 4.79 Å². The number of aromatic nitrogens is 1. The number of nitrogens with one attached hydrogen (secondary N) is 1. The molecule has 0 saturated heterocycles. The maximum atomic E-state index is 12.1. The molecule has 0 spiro atoms. The normalized spacial score (nSPS) is 11.9. The van der Waals surface area contributed by atoms with Gasteiger partial charge in [-0.1, -0.05) is 30.3 Å². The van der Waals surface area contributed by atoms with Gasteiger partial charge in [0.15, 0.2) is 0 Å². The Hall–Kier alpha value is -1.72. The smallest absolute Gasteiger partial charge is 0.251 e. The van der Waals surface area contributed by atoms with E-state index in [0.717, 1.165) is 5.56 Å². The Morgan fingerprint density at radius 2 is 2.05 bits per heavy atom. The fourth-order valence-corrected chi connectivity index (χ4v) is 2.07. The molecule has 0 bridgehead atoms. The zero-order chi connectivity index (χ0) is 13.7. The van der Waals surface area contributed by atoms with E-state index in [-0.39, 0.29) is 12.5 Å². The third-order valence-corrected chi connectivity index (χ3v) is 3.11. The van der Waals surface area contributed by atoms with E-state index in [1.165, 1.54) is 0 Å². The van der Waals surface area contributed by atoms with Gasteiger partial charge in [-0.2, -0.15) is 0 Å². The second-order valence-electron chi connectivity index (χ2n) is 3.99. The lowest BCUT2D eigenvalue weighted by atomic mass is 10.1. The molecule has 2 aromatic rings. The van der Waals surface area contributed by atoms with E-state index >= 15 is 0 Å². The van der Waals surface area contributed by atoms with Crippen LogP contribution in [0.1, 0.15) is 22.0 Å². The molecule has 0 radical (unpaired) electrons. The average Bonchev–Trinajstić information content (AvgIpc) is 2.45. The number of hydrogen-bond acceptors (Lipinski definition) is 3. The lowest BCUT2D eigenvalue weighted by molar-refractivity contribution is 0.0916. The Labute approximate surface area is 119 Å². The molecular weight excluding hydrogens is 308 g/mol.